The van der Waals surface area contributed by atoms with E-state index in [1.807, 2.05) is 36.4 Å². The highest BCUT2D eigenvalue weighted by Gasteiger charge is 2.21. The van der Waals surface area contributed by atoms with E-state index in [2.05, 4.69) is 0 Å². The lowest BCUT2D eigenvalue weighted by molar-refractivity contribution is -0.155. The van der Waals surface area contributed by atoms with Crippen LogP contribution in [-0.4, -0.2) is 32.1 Å². The molecule has 2 aromatic carbocycles. The summed E-state index contributed by atoms with van der Waals surface area (Å²) in [6.07, 6.45) is -1.23. The molecule has 0 unspecified atom stereocenters. The van der Waals surface area contributed by atoms with Gasteiger partial charge in [-0.15, -0.1) is 0 Å². The Morgan fingerprint density at radius 2 is 1.65 bits per heavy atom. The largest absolute Gasteiger partial charge is 0.349 e. The molecule has 2 aromatic rings. The van der Waals surface area contributed by atoms with Gasteiger partial charge in [0.05, 0.1) is 6.42 Å². The van der Waals surface area contributed by atoms with Crippen molar-refractivity contribution >= 4 is 22.3 Å². The number of methoxy groups -OCH3 is 2. The Morgan fingerprint density at radius 3 is 2.35 bits per heavy atom. The van der Waals surface area contributed by atoms with Gasteiger partial charge in [-0.05, 0) is 10.8 Å². The fourth-order valence-corrected chi connectivity index (χ4v) is 2.16. The van der Waals surface area contributed by atoms with Gasteiger partial charge in [-0.3, -0.25) is 9.59 Å². The molecule has 0 fully saturated rings. The first-order valence-electron chi connectivity index (χ1n) is 6.26. The Kier molecular flexibility index (Phi) is 4.61. The second-order valence-corrected chi connectivity index (χ2v) is 4.40. The lowest BCUT2D eigenvalue weighted by atomic mass is 9.99. The molecule has 0 aliphatic heterocycles. The van der Waals surface area contributed by atoms with Crippen LogP contribution in [0.15, 0.2) is 42.5 Å². The number of hydrogen-bond acceptors (Lipinski definition) is 4. The van der Waals surface area contributed by atoms with Gasteiger partial charge < -0.3 is 9.47 Å². The minimum Gasteiger partial charge on any atom is -0.349 e. The average molecular weight is 272 g/mol. The highest BCUT2D eigenvalue weighted by molar-refractivity contribution is 6.15. The smallest absolute Gasteiger partial charge is 0.217 e. The molecular formula is C16H16O4. The molecule has 0 heterocycles. The van der Waals surface area contributed by atoms with Gasteiger partial charge in [-0.1, -0.05) is 42.5 Å². The molecule has 20 heavy (non-hydrogen) atoms. The van der Waals surface area contributed by atoms with E-state index in [0.717, 1.165) is 10.8 Å². The van der Waals surface area contributed by atoms with Gasteiger partial charge in [0.25, 0.3) is 0 Å². The molecule has 4 nitrogen and oxygen atoms in total. The van der Waals surface area contributed by atoms with Crippen LogP contribution >= 0.6 is 0 Å². The summed E-state index contributed by atoms with van der Waals surface area (Å²) in [5.74, 6) is -0.612. The molecule has 0 aliphatic carbocycles. The molecule has 0 N–H and O–H groups in total. The van der Waals surface area contributed by atoms with Crippen molar-refractivity contribution in [2.45, 2.75) is 12.7 Å². The Morgan fingerprint density at radius 1 is 1.00 bits per heavy atom. The second-order valence-electron chi connectivity index (χ2n) is 4.40. The maximum Gasteiger partial charge on any atom is 0.217 e. The average Bonchev–Trinajstić information content (AvgIpc) is 2.47. The Bertz CT molecular complexity index is 624. The maximum atomic E-state index is 12.3. The number of carbonyl (C=O) groups is 2. The molecule has 0 saturated carbocycles. The third-order valence-corrected chi connectivity index (χ3v) is 3.12. The topological polar surface area (TPSA) is 52.6 Å². The number of Topliss-reactive ketones (excluding diaryl/α,β-unsaturated/α-hetero) is 2. The van der Waals surface area contributed by atoms with Gasteiger partial charge in [-0.25, -0.2) is 0 Å². The summed E-state index contributed by atoms with van der Waals surface area (Å²) in [5.41, 5.74) is 0.544. The number of ketones is 2. The maximum absolute atomic E-state index is 12.3. The van der Waals surface area contributed by atoms with Crippen LogP contribution in [0.25, 0.3) is 10.8 Å². The molecule has 4 heteroatoms. The van der Waals surface area contributed by atoms with Gasteiger partial charge in [0, 0.05) is 19.8 Å². The normalized spacial score (nSPS) is 10.9. The number of fused-ring (bicyclic) bond motifs is 1. The van der Waals surface area contributed by atoms with Crippen molar-refractivity contribution in [3.05, 3.63) is 48.0 Å². The third kappa shape index (κ3) is 2.92. The molecular weight excluding hydrogens is 256 g/mol. The summed E-state index contributed by atoms with van der Waals surface area (Å²) < 4.78 is 9.72. The van der Waals surface area contributed by atoms with E-state index in [-0.39, 0.29) is 18.0 Å². The van der Waals surface area contributed by atoms with Gasteiger partial charge in [0.2, 0.25) is 6.29 Å². The van der Waals surface area contributed by atoms with Gasteiger partial charge in [0.15, 0.2) is 11.6 Å². The minimum atomic E-state index is -0.992. The quantitative estimate of drug-likeness (QED) is 0.461. The first-order valence-corrected chi connectivity index (χ1v) is 6.26. The summed E-state index contributed by atoms with van der Waals surface area (Å²) in [7, 11) is 2.74. The molecule has 0 amide bonds. The van der Waals surface area contributed by atoms with Gasteiger partial charge in [0.1, 0.15) is 0 Å². The van der Waals surface area contributed by atoms with E-state index in [0.29, 0.717) is 5.56 Å². The molecule has 104 valence electrons. The lowest BCUT2D eigenvalue weighted by Gasteiger charge is -2.11. The van der Waals surface area contributed by atoms with E-state index in [1.165, 1.54) is 14.2 Å². The summed E-state index contributed by atoms with van der Waals surface area (Å²) in [6.45, 7) is 0. The van der Waals surface area contributed by atoms with Crippen LogP contribution in [-0.2, 0) is 14.3 Å². The summed E-state index contributed by atoms with van der Waals surface area (Å²) >= 11 is 0. The molecule has 0 aromatic heterocycles. The van der Waals surface area contributed by atoms with Crippen LogP contribution in [0, 0.1) is 0 Å². The Labute approximate surface area is 117 Å². The highest BCUT2D eigenvalue weighted by Crippen LogP contribution is 2.20. The van der Waals surface area contributed by atoms with E-state index in [1.54, 1.807) is 6.07 Å². The molecule has 0 saturated heterocycles. The van der Waals surface area contributed by atoms with E-state index in [9.17, 15) is 9.59 Å². The van der Waals surface area contributed by atoms with Crippen molar-refractivity contribution in [1.29, 1.82) is 0 Å². The number of rotatable bonds is 6. The van der Waals surface area contributed by atoms with E-state index < -0.39 is 6.29 Å². The first-order chi connectivity index (χ1) is 9.67. The molecule has 0 aliphatic rings. The Balaban J connectivity index is 2.26. The highest BCUT2D eigenvalue weighted by atomic mass is 16.7. The third-order valence-electron chi connectivity index (χ3n) is 3.12. The monoisotopic (exact) mass is 272 g/mol. The molecule has 2 rings (SSSR count). The van der Waals surface area contributed by atoms with Crippen molar-refractivity contribution in [2.75, 3.05) is 14.2 Å². The van der Waals surface area contributed by atoms with Crippen LogP contribution in [0.5, 0.6) is 0 Å². The fourth-order valence-electron chi connectivity index (χ4n) is 2.16. The van der Waals surface area contributed by atoms with Crippen molar-refractivity contribution in [3.63, 3.8) is 0 Å². The van der Waals surface area contributed by atoms with Crippen LogP contribution in [0.4, 0.5) is 0 Å². The van der Waals surface area contributed by atoms with Crippen molar-refractivity contribution < 1.29 is 19.1 Å². The molecule has 0 spiro atoms. The van der Waals surface area contributed by atoms with Crippen molar-refractivity contribution in [2.24, 2.45) is 0 Å². The van der Waals surface area contributed by atoms with Crippen LogP contribution < -0.4 is 0 Å². The zero-order valence-electron chi connectivity index (χ0n) is 11.5. The molecule has 0 radical (unpaired) electrons. The zero-order valence-corrected chi connectivity index (χ0v) is 11.5. The van der Waals surface area contributed by atoms with E-state index in [4.69, 9.17) is 9.47 Å². The SMILES string of the molecule is COC(OC)C(=O)CC(=O)c1cccc2ccccc12. The van der Waals surface area contributed by atoms with Crippen LogP contribution in [0.3, 0.4) is 0 Å². The Hall–Kier alpha value is -2.04. The second kappa shape index (κ2) is 6.41. The molecule has 0 bridgehead atoms. The number of benzene rings is 2. The van der Waals surface area contributed by atoms with Crippen molar-refractivity contribution in [3.8, 4) is 0 Å². The van der Waals surface area contributed by atoms with Gasteiger partial charge >= 0.3 is 0 Å². The van der Waals surface area contributed by atoms with Crippen molar-refractivity contribution in [1.82, 2.24) is 0 Å². The lowest BCUT2D eigenvalue weighted by Crippen LogP contribution is -2.27. The van der Waals surface area contributed by atoms with Crippen LogP contribution in [0.1, 0.15) is 16.8 Å². The standard InChI is InChI=1S/C16H16O4/c1-19-16(20-2)15(18)10-14(17)13-9-5-7-11-6-3-4-8-12(11)13/h3-9,16H,10H2,1-2H3. The summed E-state index contributed by atoms with van der Waals surface area (Å²) in [6, 6.07) is 13.1. The number of ether oxygens (including phenoxy) is 2. The fraction of sp³-hybridized carbons (Fsp3) is 0.250. The minimum absolute atomic E-state index is 0.231. The van der Waals surface area contributed by atoms with Gasteiger partial charge in [-0.2, -0.15) is 0 Å². The van der Waals surface area contributed by atoms with Crippen LogP contribution in [0.2, 0.25) is 0 Å². The molecule has 0 atom stereocenters. The van der Waals surface area contributed by atoms with E-state index >= 15 is 0 Å². The zero-order chi connectivity index (χ0) is 14.5. The first kappa shape index (κ1) is 14.4. The predicted octanol–water partition coefficient (Wildman–Crippen LogP) is 2.60. The number of carbonyl (C=O) groups excluding carboxylic acids is 2. The summed E-state index contributed by atoms with van der Waals surface area (Å²) in [4.78, 5) is 24.1. The number of hydrogen-bond donors (Lipinski definition) is 0. The summed E-state index contributed by atoms with van der Waals surface area (Å²) in [5, 5.41) is 1.82. The predicted molar refractivity (Wildman–Crippen MR) is 75.7 cm³/mol.